The zero-order valence-corrected chi connectivity index (χ0v) is 22.4. The summed E-state index contributed by atoms with van der Waals surface area (Å²) in [5.74, 6) is 0. The van der Waals surface area contributed by atoms with Crippen molar-refractivity contribution >= 4 is 7.25 Å². The molecule has 0 unspecified atom stereocenters. The van der Waals surface area contributed by atoms with Gasteiger partial charge in [-0.15, -0.1) is 0 Å². The van der Waals surface area contributed by atoms with Gasteiger partial charge in [-0.2, -0.15) is 0 Å². The van der Waals surface area contributed by atoms with E-state index in [1.54, 1.807) is 0 Å². The van der Waals surface area contributed by atoms with Crippen molar-refractivity contribution in [3.8, 4) is 0 Å². The smallest absolute Gasteiger partial charge is 0.673 e. The van der Waals surface area contributed by atoms with E-state index in [2.05, 4.69) is 83.7 Å². The number of nitrogens with zero attached hydrogens (tertiary/aromatic N) is 4. The van der Waals surface area contributed by atoms with E-state index in [-0.39, 0.29) is 12.4 Å². The first-order valence-corrected chi connectivity index (χ1v) is 12.5. The van der Waals surface area contributed by atoms with Crippen LogP contribution in [0, 0.1) is 0 Å². The number of halogens is 5. The molecule has 2 rings (SSSR count). The zero-order valence-electron chi connectivity index (χ0n) is 21.6. The molecule has 4 nitrogen and oxygen atoms in total. The number of hydrogen-bond acceptors (Lipinski definition) is 0. The summed E-state index contributed by atoms with van der Waals surface area (Å²) in [7, 11) is -1.87. The van der Waals surface area contributed by atoms with E-state index in [9.17, 15) is 17.3 Å². The molecule has 0 aliphatic carbocycles. The monoisotopic (exact) mass is 512 g/mol. The molecule has 0 atom stereocenters. The molecule has 0 radical (unpaired) electrons. The van der Waals surface area contributed by atoms with Crippen LogP contribution < -0.4 is 21.5 Å². The van der Waals surface area contributed by atoms with E-state index < -0.39 is 7.25 Å². The number of rotatable bonds is 14. The quantitative estimate of drug-likeness (QED) is 0.159. The summed E-state index contributed by atoms with van der Waals surface area (Å²) in [6.45, 7) is 6.87. The molecule has 0 spiro atoms. The molecule has 0 N–H and O–H groups in total. The Morgan fingerprint density at radius 2 is 0.882 bits per heavy atom. The first kappa shape index (κ1) is 34.7. The second-order valence-electron chi connectivity index (χ2n) is 8.66. The Bertz CT molecular complexity index is 634. The lowest BCUT2D eigenvalue weighted by Crippen LogP contribution is -3.00. The first-order valence-electron chi connectivity index (χ1n) is 12.5. The average Bonchev–Trinajstić information content (AvgIpc) is 3.34. The van der Waals surface area contributed by atoms with Crippen molar-refractivity contribution in [3.63, 3.8) is 0 Å². The Balaban J connectivity index is 0. The Kier molecular flexibility index (Phi) is 22.4. The van der Waals surface area contributed by atoms with Gasteiger partial charge in [-0.3, -0.25) is 0 Å². The molecule has 0 aliphatic rings. The number of imidazole rings is 2. The van der Waals surface area contributed by atoms with Gasteiger partial charge in [-0.25, -0.2) is 18.3 Å². The second-order valence-corrected chi connectivity index (χ2v) is 8.66. The minimum atomic E-state index is -6.00. The van der Waals surface area contributed by atoms with Gasteiger partial charge in [-0.1, -0.05) is 65.2 Å². The Labute approximate surface area is 210 Å². The van der Waals surface area contributed by atoms with Gasteiger partial charge < -0.3 is 29.7 Å². The van der Waals surface area contributed by atoms with Crippen LogP contribution in [0.25, 0.3) is 0 Å². The maximum absolute atomic E-state index is 9.75. The Morgan fingerprint density at radius 3 is 1.15 bits per heavy atom. The molecule has 2 aromatic heterocycles. The molecule has 0 fully saturated rings. The summed E-state index contributed by atoms with van der Waals surface area (Å²) < 4.78 is 47.7. The minimum Gasteiger partial charge on any atom is -1.00 e. The minimum absolute atomic E-state index is 0. The highest BCUT2D eigenvalue weighted by Gasteiger charge is 2.20. The maximum atomic E-state index is 9.75. The third kappa shape index (κ3) is 25.1. The standard InChI is InChI=1S/2C12H23N2.BF4.ClH/c2*1-3-4-5-6-7-8-9-14-11-10-13(2)12-14;2-1(3,4)5;/h2*10-12H,3-9H2,1-2H3;;1H/q2*+1;-1;/p-1. The SMILES string of the molecule is CCCCCCCCn1cc[n+](C)c1.CCCCCCCCn1cc[n+](C)c1.F[B-](F)(F)F.[Cl-]. The van der Waals surface area contributed by atoms with Crippen molar-refractivity contribution in [2.24, 2.45) is 14.1 Å². The van der Waals surface area contributed by atoms with Gasteiger partial charge in [-0.05, 0) is 25.7 Å². The van der Waals surface area contributed by atoms with Crippen LogP contribution in [0.15, 0.2) is 37.4 Å². The van der Waals surface area contributed by atoms with E-state index >= 15 is 0 Å². The van der Waals surface area contributed by atoms with Crippen LogP contribution in [-0.4, -0.2) is 16.4 Å². The molecule has 0 aliphatic heterocycles. The molecule has 10 heteroatoms. The van der Waals surface area contributed by atoms with Crippen molar-refractivity contribution in [2.45, 2.75) is 104 Å². The van der Waals surface area contributed by atoms with Crippen molar-refractivity contribution in [1.82, 2.24) is 9.13 Å². The normalized spacial score (nSPS) is 10.6. The van der Waals surface area contributed by atoms with E-state index in [1.165, 1.54) is 90.1 Å². The highest BCUT2D eigenvalue weighted by Crippen LogP contribution is 2.07. The van der Waals surface area contributed by atoms with Crippen molar-refractivity contribution in [3.05, 3.63) is 37.4 Å². The van der Waals surface area contributed by atoms with Crippen LogP contribution in [0.3, 0.4) is 0 Å². The van der Waals surface area contributed by atoms with Crippen LogP contribution in [0.5, 0.6) is 0 Å². The van der Waals surface area contributed by atoms with Crippen molar-refractivity contribution < 1.29 is 38.8 Å². The molecule has 2 aromatic rings. The number of aromatic nitrogens is 4. The highest BCUT2D eigenvalue weighted by molar-refractivity contribution is 6.50. The Morgan fingerprint density at radius 1 is 0.588 bits per heavy atom. The summed E-state index contributed by atoms with van der Waals surface area (Å²) in [6.07, 6.45) is 29.3. The van der Waals surface area contributed by atoms with Gasteiger partial charge in [0.2, 0.25) is 12.7 Å². The summed E-state index contributed by atoms with van der Waals surface area (Å²) >= 11 is 0. The lowest BCUT2D eigenvalue weighted by atomic mass is 10.1. The topological polar surface area (TPSA) is 17.6 Å². The molecular formula is C24H46BClF4N4. The molecule has 34 heavy (non-hydrogen) atoms. The van der Waals surface area contributed by atoms with E-state index in [4.69, 9.17) is 0 Å². The highest BCUT2D eigenvalue weighted by atomic mass is 35.5. The van der Waals surface area contributed by atoms with Crippen molar-refractivity contribution in [1.29, 1.82) is 0 Å². The van der Waals surface area contributed by atoms with Gasteiger partial charge in [0.25, 0.3) is 0 Å². The van der Waals surface area contributed by atoms with Gasteiger partial charge in [0.05, 0.1) is 27.2 Å². The van der Waals surface area contributed by atoms with Gasteiger partial charge in [0.1, 0.15) is 24.8 Å². The summed E-state index contributed by atoms with van der Waals surface area (Å²) in [4.78, 5) is 0. The van der Waals surface area contributed by atoms with E-state index in [0.717, 1.165) is 0 Å². The van der Waals surface area contributed by atoms with Crippen LogP contribution in [0.4, 0.5) is 17.3 Å². The lowest BCUT2D eigenvalue weighted by Gasteiger charge is -1.98. The molecule has 0 amide bonds. The maximum Gasteiger partial charge on any atom is 0.673 e. The second kappa shape index (κ2) is 22.0. The largest absolute Gasteiger partial charge is 1.00 e. The summed E-state index contributed by atoms with van der Waals surface area (Å²) in [5.41, 5.74) is 0. The number of aryl methyl sites for hydroxylation is 4. The fraction of sp³-hybridized carbons (Fsp3) is 0.750. The van der Waals surface area contributed by atoms with Crippen LogP contribution in [-0.2, 0) is 27.2 Å². The molecule has 0 saturated carbocycles. The third-order valence-corrected chi connectivity index (χ3v) is 5.19. The average molecular weight is 513 g/mol. The predicted molar refractivity (Wildman–Crippen MR) is 128 cm³/mol. The van der Waals surface area contributed by atoms with Crippen molar-refractivity contribution in [2.75, 3.05) is 0 Å². The van der Waals surface area contributed by atoms with Gasteiger partial charge in [0, 0.05) is 0 Å². The summed E-state index contributed by atoms with van der Waals surface area (Å²) in [5, 5.41) is 0. The summed E-state index contributed by atoms with van der Waals surface area (Å²) in [6, 6.07) is 0. The first-order chi connectivity index (χ1) is 15.7. The molecule has 0 saturated heterocycles. The van der Waals surface area contributed by atoms with Gasteiger partial charge in [0.15, 0.2) is 0 Å². The van der Waals surface area contributed by atoms with Crippen LogP contribution >= 0.6 is 0 Å². The molecule has 2 heterocycles. The zero-order chi connectivity index (χ0) is 25.0. The lowest BCUT2D eigenvalue weighted by molar-refractivity contribution is -0.671. The van der Waals surface area contributed by atoms with Gasteiger partial charge >= 0.3 is 7.25 Å². The third-order valence-electron chi connectivity index (χ3n) is 5.19. The van der Waals surface area contributed by atoms with Crippen LogP contribution in [0.1, 0.15) is 90.9 Å². The molecule has 200 valence electrons. The number of unbranched alkanes of at least 4 members (excludes halogenated alkanes) is 10. The number of hydrogen-bond donors (Lipinski definition) is 0. The van der Waals surface area contributed by atoms with Crippen LogP contribution in [0.2, 0.25) is 0 Å². The van der Waals surface area contributed by atoms with E-state index in [0.29, 0.717) is 0 Å². The molecule has 0 bridgehead atoms. The molecular weight excluding hydrogens is 467 g/mol. The van der Waals surface area contributed by atoms with E-state index in [1.807, 2.05) is 0 Å². The fourth-order valence-corrected chi connectivity index (χ4v) is 3.42. The molecule has 0 aromatic carbocycles. The predicted octanol–water partition coefficient (Wildman–Crippen LogP) is 3.65. The fourth-order valence-electron chi connectivity index (χ4n) is 3.42. The Hall–Kier alpha value is -1.51.